The van der Waals surface area contributed by atoms with E-state index in [2.05, 4.69) is 20.8 Å². The van der Waals surface area contributed by atoms with Crippen LogP contribution in [0.1, 0.15) is 117 Å². The molecule has 0 saturated heterocycles. The van der Waals surface area contributed by atoms with Gasteiger partial charge in [0.15, 0.2) is 11.6 Å². The third kappa shape index (κ3) is 11.4. The van der Waals surface area contributed by atoms with Gasteiger partial charge in [0.25, 0.3) is 0 Å². The van der Waals surface area contributed by atoms with Gasteiger partial charge in [0.05, 0.1) is 12.7 Å². The number of benzene rings is 3. The lowest BCUT2D eigenvalue weighted by molar-refractivity contribution is 0.206. The number of hydrogen-bond acceptors (Lipinski definition) is 2. The lowest BCUT2D eigenvalue weighted by Gasteiger charge is -2.15. The fraction of sp³-hybridized carbons (Fsp3) is 0.526. The minimum Gasteiger partial charge on any atom is -0.494 e. The van der Waals surface area contributed by atoms with E-state index >= 15 is 8.78 Å². The van der Waals surface area contributed by atoms with Crippen molar-refractivity contribution in [2.75, 3.05) is 6.61 Å². The van der Waals surface area contributed by atoms with E-state index in [4.69, 9.17) is 9.47 Å². The highest BCUT2D eigenvalue weighted by Crippen LogP contribution is 2.33. The normalized spacial score (nSPS) is 11.9. The van der Waals surface area contributed by atoms with Gasteiger partial charge < -0.3 is 9.47 Å². The van der Waals surface area contributed by atoms with Crippen molar-refractivity contribution in [3.8, 4) is 33.8 Å². The van der Waals surface area contributed by atoms with Gasteiger partial charge in [-0.15, -0.1) is 0 Å². The molecular formula is C38H52F2O2. The summed E-state index contributed by atoms with van der Waals surface area (Å²) in [5.41, 5.74) is 1.73. The van der Waals surface area contributed by atoms with E-state index in [0.29, 0.717) is 17.7 Å². The lowest BCUT2D eigenvalue weighted by atomic mass is 9.98. The van der Waals surface area contributed by atoms with Crippen LogP contribution in [0, 0.1) is 11.6 Å². The second-order valence-corrected chi connectivity index (χ2v) is 11.6. The third-order valence-corrected chi connectivity index (χ3v) is 7.98. The zero-order valence-electron chi connectivity index (χ0n) is 26.2. The van der Waals surface area contributed by atoms with Crippen LogP contribution in [0.15, 0.2) is 60.7 Å². The van der Waals surface area contributed by atoms with Crippen LogP contribution < -0.4 is 9.47 Å². The third-order valence-electron chi connectivity index (χ3n) is 7.98. The molecule has 42 heavy (non-hydrogen) atoms. The maximum atomic E-state index is 15.2. The monoisotopic (exact) mass is 578 g/mol. The molecule has 0 fully saturated rings. The topological polar surface area (TPSA) is 18.5 Å². The molecule has 230 valence electrons. The van der Waals surface area contributed by atoms with Gasteiger partial charge in [-0.25, -0.2) is 8.78 Å². The van der Waals surface area contributed by atoms with Gasteiger partial charge in [-0.05, 0) is 61.6 Å². The zero-order chi connectivity index (χ0) is 30.0. The minimum atomic E-state index is -0.841. The van der Waals surface area contributed by atoms with Crippen LogP contribution in [0.3, 0.4) is 0 Å². The van der Waals surface area contributed by atoms with Crippen molar-refractivity contribution in [1.82, 2.24) is 0 Å². The Labute approximate surface area is 253 Å². The highest BCUT2D eigenvalue weighted by atomic mass is 19.2. The summed E-state index contributed by atoms with van der Waals surface area (Å²) in [6, 6.07) is 17.8. The van der Waals surface area contributed by atoms with Gasteiger partial charge in [-0.1, -0.05) is 127 Å². The first-order chi connectivity index (χ1) is 20.5. The van der Waals surface area contributed by atoms with Crippen molar-refractivity contribution >= 4 is 0 Å². The van der Waals surface area contributed by atoms with Crippen molar-refractivity contribution in [2.24, 2.45) is 0 Å². The largest absolute Gasteiger partial charge is 0.494 e. The first kappa shape index (κ1) is 33.6. The van der Waals surface area contributed by atoms with Crippen LogP contribution in [-0.4, -0.2) is 12.7 Å². The van der Waals surface area contributed by atoms with Crippen LogP contribution in [0.2, 0.25) is 0 Å². The van der Waals surface area contributed by atoms with Crippen molar-refractivity contribution in [2.45, 2.75) is 123 Å². The molecule has 0 aliphatic carbocycles. The second kappa shape index (κ2) is 19.3. The van der Waals surface area contributed by atoms with E-state index in [1.807, 2.05) is 24.3 Å². The maximum Gasteiger partial charge on any atom is 0.167 e. The van der Waals surface area contributed by atoms with Crippen LogP contribution in [-0.2, 0) is 0 Å². The average Bonchev–Trinajstić information content (AvgIpc) is 3.00. The van der Waals surface area contributed by atoms with Crippen LogP contribution in [0.25, 0.3) is 22.3 Å². The van der Waals surface area contributed by atoms with Crippen molar-refractivity contribution in [3.63, 3.8) is 0 Å². The quantitative estimate of drug-likeness (QED) is 0.117. The molecule has 0 aliphatic heterocycles. The standard InChI is InChI=1S/C38H52F2O2/c1-4-6-8-10-11-12-13-14-15-17-29-41-33-23-19-31(20-24-33)35-27-28-36(38(40)37(35)39)32-21-25-34(26-22-32)42-30(3)18-16-9-7-5-2/h19-28,30H,4-18,29H2,1-3H3/t30-/m1/s1. The zero-order valence-corrected chi connectivity index (χ0v) is 26.2. The Balaban J connectivity index is 1.46. The Hall–Kier alpha value is -2.88. The van der Waals surface area contributed by atoms with E-state index < -0.39 is 11.6 Å². The molecule has 2 nitrogen and oxygen atoms in total. The Kier molecular flexibility index (Phi) is 15.5. The number of rotatable bonds is 21. The minimum absolute atomic E-state index is 0.123. The van der Waals surface area contributed by atoms with Crippen molar-refractivity contribution < 1.29 is 18.3 Å². The lowest BCUT2D eigenvalue weighted by Crippen LogP contribution is -2.11. The smallest absolute Gasteiger partial charge is 0.167 e. The molecule has 0 unspecified atom stereocenters. The first-order valence-corrected chi connectivity index (χ1v) is 16.5. The van der Waals surface area contributed by atoms with Gasteiger partial charge in [-0.2, -0.15) is 0 Å². The summed E-state index contributed by atoms with van der Waals surface area (Å²) in [6.45, 7) is 7.21. The van der Waals surface area contributed by atoms with E-state index in [0.717, 1.165) is 30.8 Å². The van der Waals surface area contributed by atoms with E-state index in [1.54, 1.807) is 36.4 Å². The molecule has 4 heteroatoms. The van der Waals surface area contributed by atoms with Gasteiger partial charge >= 0.3 is 0 Å². The SMILES string of the molecule is CCCCCCCCCCCCOc1ccc(-c2ccc(-c3ccc(O[C@H](C)CCCCCC)cc3)c(F)c2F)cc1. The molecule has 3 aromatic carbocycles. The van der Waals surface area contributed by atoms with E-state index in [-0.39, 0.29) is 17.2 Å². The summed E-state index contributed by atoms with van der Waals surface area (Å²) < 4.78 is 42.3. The summed E-state index contributed by atoms with van der Waals surface area (Å²) in [7, 11) is 0. The number of ether oxygens (including phenoxy) is 2. The fourth-order valence-corrected chi connectivity index (χ4v) is 5.37. The van der Waals surface area contributed by atoms with E-state index in [9.17, 15) is 0 Å². The summed E-state index contributed by atoms with van der Waals surface area (Å²) in [5, 5.41) is 0. The molecule has 3 aromatic rings. The fourth-order valence-electron chi connectivity index (χ4n) is 5.37. The molecule has 3 rings (SSSR count). The summed E-state index contributed by atoms with van der Waals surface area (Å²) >= 11 is 0. The predicted molar refractivity (Wildman–Crippen MR) is 173 cm³/mol. The molecule has 0 spiro atoms. The molecule has 0 bridgehead atoms. The van der Waals surface area contributed by atoms with Gasteiger partial charge in [0.1, 0.15) is 11.5 Å². The molecule has 0 aliphatic rings. The number of halogens is 2. The summed E-state index contributed by atoms with van der Waals surface area (Å²) in [5.74, 6) is -0.182. The Bertz CT molecular complexity index is 1140. The summed E-state index contributed by atoms with van der Waals surface area (Å²) in [4.78, 5) is 0. The predicted octanol–water partition coefficient (Wildman–Crippen LogP) is 12.3. The Morgan fingerprint density at radius 1 is 0.524 bits per heavy atom. The van der Waals surface area contributed by atoms with Gasteiger partial charge in [0, 0.05) is 11.1 Å². The second-order valence-electron chi connectivity index (χ2n) is 11.6. The van der Waals surface area contributed by atoms with Crippen LogP contribution in [0.5, 0.6) is 11.5 Å². The van der Waals surface area contributed by atoms with Crippen molar-refractivity contribution in [3.05, 3.63) is 72.3 Å². The average molecular weight is 579 g/mol. The van der Waals surface area contributed by atoms with Crippen LogP contribution in [0.4, 0.5) is 8.78 Å². The first-order valence-electron chi connectivity index (χ1n) is 16.5. The summed E-state index contributed by atoms with van der Waals surface area (Å²) in [6.07, 6.45) is 18.9. The molecule has 0 heterocycles. The number of hydrogen-bond donors (Lipinski definition) is 0. The molecule has 0 N–H and O–H groups in total. The Morgan fingerprint density at radius 3 is 1.45 bits per heavy atom. The molecule has 0 radical (unpaired) electrons. The molecule has 0 amide bonds. The Morgan fingerprint density at radius 2 is 0.952 bits per heavy atom. The number of unbranched alkanes of at least 4 members (excludes halogenated alkanes) is 12. The van der Waals surface area contributed by atoms with Crippen molar-refractivity contribution in [1.29, 1.82) is 0 Å². The van der Waals surface area contributed by atoms with Crippen LogP contribution >= 0.6 is 0 Å². The molecule has 0 aromatic heterocycles. The maximum absolute atomic E-state index is 15.2. The molecule has 0 saturated carbocycles. The van der Waals surface area contributed by atoms with Gasteiger partial charge in [-0.3, -0.25) is 0 Å². The highest BCUT2D eigenvalue weighted by Gasteiger charge is 2.16. The van der Waals surface area contributed by atoms with E-state index in [1.165, 1.54) is 77.0 Å². The van der Waals surface area contributed by atoms with Gasteiger partial charge in [0.2, 0.25) is 0 Å². The molecular weight excluding hydrogens is 526 g/mol. The molecule has 1 atom stereocenters. The highest BCUT2D eigenvalue weighted by molar-refractivity contribution is 5.72.